The third kappa shape index (κ3) is 3.08. The lowest BCUT2D eigenvalue weighted by molar-refractivity contribution is -0.155. The molecule has 2 aliphatic rings. The molecular weight excluding hydrogens is 246 g/mol. The topological polar surface area (TPSA) is 66.8 Å². The molecule has 0 aliphatic carbocycles. The fraction of sp³-hybridized carbons (Fsp3) is 0.857. The summed E-state index contributed by atoms with van der Waals surface area (Å²) >= 11 is 0. The van der Waals surface area contributed by atoms with Crippen molar-refractivity contribution < 1.29 is 19.4 Å². The Balaban J connectivity index is 2.04. The molecule has 2 fully saturated rings. The highest BCUT2D eigenvalue weighted by Crippen LogP contribution is 2.31. The van der Waals surface area contributed by atoms with Gasteiger partial charge in [0.1, 0.15) is 0 Å². The summed E-state index contributed by atoms with van der Waals surface area (Å²) in [5.74, 6) is -0.764. The first kappa shape index (κ1) is 14.3. The number of ether oxygens (including phenoxy) is 1. The monoisotopic (exact) mass is 269 g/mol. The van der Waals surface area contributed by atoms with Crippen LogP contribution in [-0.4, -0.2) is 47.7 Å². The van der Waals surface area contributed by atoms with Gasteiger partial charge in [-0.1, -0.05) is 6.92 Å². The van der Waals surface area contributed by atoms with E-state index in [9.17, 15) is 14.7 Å². The highest BCUT2D eigenvalue weighted by atomic mass is 16.5. The van der Waals surface area contributed by atoms with Crippen molar-refractivity contribution in [2.24, 2.45) is 17.8 Å². The van der Waals surface area contributed by atoms with E-state index in [0.29, 0.717) is 18.9 Å². The summed E-state index contributed by atoms with van der Waals surface area (Å²) in [7, 11) is 0. The minimum atomic E-state index is -0.788. The lowest BCUT2D eigenvalue weighted by atomic mass is 9.80. The number of amides is 1. The summed E-state index contributed by atoms with van der Waals surface area (Å²) < 4.78 is 5.32. The van der Waals surface area contributed by atoms with Crippen LogP contribution in [0.25, 0.3) is 0 Å². The molecule has 0 bridgehead atoms. The van der Waals surface area contributed by atoms with Gasteiger partial charge in [0.2, 0.25) is 5.91 Å². The Bertz CT molecular complexity index is 351. The van der Waals surface area contributed by atoms with Gasteiger partial charge in [-0.15, -0.1) is 0 Å². The zero-order valence-corrected chi connectivity index (χ0v) is 11.7. The maximum atomic E-state index is 12.2. The Hall–Kier alpha value is -1.10. The average Bonchev–Trinajstić information content (AvgIpc) is 2.35. The van der Waals surface area contributed by atoms with Crippen molar-refractivity contribution in [3.05, 3.63) is 0 Å². The molecule has 3 unspecified atom stereocenters. The van der Waals surface area contributed by atoms with Gasteiger partial charge in [-0.05, 0) is 31.6 Å². The number of carboxylic acids is 1. The van der Waals surface area contributed by atoms with Crippen molar-refractivity contribution in [3.8, 4) is 0 Å². The Morgan fingerprint density at radius 1 is 1.37 bits per heavy atom. The second-order valence-electron chi connectivity index (χ2n) is 5.89. The van der Waals surface area contributed by atoms with Crippen LogP contribution in [0.4, 0.5) is 0 Å². The van der Waals surface area contributed by atoms with Crippen LogP contribution in [0.15, 0.2) is 0 Å². The third-order valence-electron chi connectivity index (χ3n) is 4.52. The van der Waals surface area contributed by atoms with Crippen LogP contribution < -0.4 is 0 Å². The van der Waals surface area contributed by atoms with E-state index in [1.54, 1.807) is 4.90 Å². The number of carbonyl (C=O) groups excluding carboxylic acids is 1. The molecule has 1 amide bonds. The zero-order valence-electron chi connectivity index (χ0n) is 11.7. The molecule has 108 valence electrons. The fourth-order valence-electron chi connectivity index (χ4n) is 3.34. The van der Waals surface area contributed by atoms with E-state index in [-0.39, 0.29) is 17.9 Å². The highest BCUT2D eigenvalue weighted by molar-refractivity contribution is 5.81. The van der Waals surface area contributed by atoms with Crippen LogP contribution in [-0.2, 0) is 14.3 Å². The van der Waals surface area contributed by atoms with Crippen molar-refractivity contribution in [2.75, 3.05) is 19.8 Å². The molecule has 1 N–H and O–H groups in total. The maximum Gasteiger partial charge on any atom is 0.308 e. The first-order valence-corrected chi connectivity index (χ1v) is 7.10. The van der Waals surface area contributed by atoms with E-state index >= 15 is 0 Å². The van der Waals surface area contributed by atoms with Gasteiger partial charge in [-0.25, -0.2) is 0 Å². The van der Waals surface area contributed by atoms with Crippen LogP contribution in [0.2, 0.25) is 0 Å². The Kier molecular flexibility index (Phi) is 4.45. The van der Waals surface area contributed by atoms with Crippen LogP contribution >= 0.6 is 0 Å². The van der Waals surface area contributed by atoms with Crippen LogP contribution in [0, 0.1) is 17.8 Å². The molecule has 0 aromatic heterocycles. The van der Waals surface area contributed by atoms with Crippen molar-refractivity contribution in [1.29, 1.82) is 0 Å². The SMILES string of the molecule is CC1CC(=O)N(CC2CCOCC2)C(C)C1C(=O)O. The van der Waals surface area contributed by atoms with E-state index < -0.39 is 11.9 Å². The minimum Gasteiger partial charge on any atom is -0.481 e. The lowest BCUT2D eigenvalue weighted by Gasteiger charge is -2.42. The molecule has 2 rings (SSSR count). The third-order valence-corrected chi connectivity index (χ3v) is 4.52. The zero-order chi connectivity index (χ0) is 14.0. The first-order chi connectivity index (χ1) is 9.00. The van der Waals surface area contributed by atoms with Gasteiger partial charge in [0.15, 0.2) is 0 Å². The Morgan fingerprint density at radius 3 is 2.58 bits per heavy atom. The molecule has 0 aromatic carbocycles. The quantitative estimate of drug-likeness (QED) is 0.840. The molecule has 5 nitrogen and oxygen atoms in total. The second-order valence-corrected chi connectivity index (χ2v) is 5.89. The summed E-state index contributed by atoms with van der Waals surface area (Å²) in [6, 6.07) is -0.211. The lowest BCUT2D eigenvalue weighted by Crippen LogP contribution is -2.54. The predicted octanol–water partition coefficient (Wildman–Crippen LogP) is 1.37. The molecule has 5 heteroatoms. The summed E-state index contributed by atoms with van der Waals surface area (Å²) in [5.41, 5.74) is 0. The molecule has 19 heavy (non-hydrogen) atoms. The fourth-order valence-corrected chi connectivity index (χ4v) is 3.34. The number of hydrogen-bond acceptors (Lipinski definition) is 3. The largest absolute Gasteiger partial charge is 0.481 e. The van der Waals surface area contributed by atoms with Crippen LogP contribution in [0.5, 0.6) is 0 Å². The first-order valence-electron chi connectivity index (χ1n) is 7.10. The highest BCUT2D eigenvalue weighted by Gasteiger charge is 2.42. The standard InChI is InChI=1S/C14H23NO4/c1-9-7-12(16)15(10(2)13(9)14(17)18)8-11-3-5-19-6-4-11/h9-11,13H,3-8H2,1-2H3,(H,17,18). The maximum absolute atomic E-state index is 12.2. The van der Waals surface area contributed by atoms with Crippen LogP contribution in [0.1, 0.15) is 33.1 Å². The number of nitrogens with zero attached hydrogens (tertiary/aromatic N) is 1. The van der Waals surface area contributed by atoms with Gasteiger partial charge in [-0.2, -0.15) is 0 Å². The van der Waals surface area contributed by atoms with Gasteiger partial charge in [0.05, 0.1) is 5.92 Å². The van der Waals surface area contributed by atoms with Crippen molar-refractivity contribution in [2.45, 2.75) is 39.2 Å². The summed E-state index contributed by atoms with van der Waals surface area (Å²) in [5, 5.41) is 9.33. The molecule has 2 heterocycles. The molecule has 0 saturated carbocycles. The predicted molar refractivity (Wildman–Crippen MR) is 69.6 cm³/mol. The van der Waals surface area contributed by atoms with Gasteiger partial charge in [-0.3, -0.25) is 9.59 Å². The average molecular weight is 269 g/mol. The molecule has 2 saturated heterocycles. The summed E-state index contributed by atoms with van der Waals surface area (Å²) in [4.78, 5) is 25.3. The molecule has 2 aliphatic heterocycles. The molecular formula is C14H23NO4. The number of rotatable bonds is 3. The van der Waals surface area contributed by atoms with E-state index in [2.05, 4.69) is 0 Å². The van der Waals surface area contributed by atoms with Crippen molar-refractivity contribution >= 4 is 11.9 Å². The van der Waals surface area contributed by atoms with Crippen LogP contribution in [0.3, 0.4) is 0 Å². The molecule has 0 aromatic rings. The number of aliphatic carboxylic acids is 1. The van der Waals surface area contributed by atoms with Crippen molar-refractivity contribution in [3.63, 3.8) is 0 Å². The molecule has 0 radical (unpaired) electrons. The smallest absolute Gasteiger partial charge is 0.308 e. The van der Waals surface area contributed by atoms with Gasteiger partial charge in [0, 0.05) is 32.2 Å². The number of carboxylic acid groups (broad SMARTS) is 1. The Morgan fingerprint density at radius 2 is 2.00 bits per heavy atom. The van der Waals surface area contributed by atoms with E-state index in [1.165, 1.54) is 0 Å². The number of hydrogen-bond donors (Lipinski definition) is 1. The minimum absolute atomic E-state index is 0.0778. The number of piperidine rings is 1. The van der Waals surface area contributed by atoms with E-state index in [1.807, 2.05) is 13.8 Å². The number of carbonyl (C=O) groups is 2. The summed E-state index contributed by atoms with van der Waals surface area (Å²) in [6.07, 6.45) is 2.28. The number of likely N-dealkylation sites (tertiary alicyclic amines) is 1. The van der Waals surface area contributed by atoms with E-state index in [0.717, 1.165) is 26.1 Å². The van der Waals surface area contributed by atoms with Gasteiger partial charge < -0.3 is 14.7 Å². The normalized spacial score (nSPS) is 33.5. The van der Waals surface area contributed by atoms with Gasteiger partial charge in [0.25, 0.3) is 0 Å². The van der Waals surface area contributed by atoms with E-state index in [4.69, 9.17) is 4.74 Å². The van der Waals surface area contributed by atoms with Crippen molar-refractivity contribution in [1.82, 2.24) is 4.90 Å². The Labute approximate surface area is 113 Å². The molecule has 3 atom stereocenters. The molecule has 0 spiro atoms. The second kappa shape index (κ2) is 5.90. The summed E-state index contributed by atoms with van der Waals surface area (Å²) in [6.45, 7) is 5.91. The van der Waals surface area contributed by atoms with Gasteiger partial charge >= 0.3 is 5.97 Å².